The van der Waals surface area contributed by atoms with Crippen LogP contribution in [0.25, 0.3) is 0 Å². The molecule has 1 fully saturated rings. The average Bonchev–Trinajstić information content (AvgIpc) is 2.91. The molecule has 0 unspecified atom stereocenters. The first-order valence-corrected chi connectivity index (χ1v) is 5.05. The van der Waals surface area contributed by atoms with Gasteiger partial charge in [-0.15, -0.1) is 0 Å². The molecule has 0 amide bonds. The molecule has 0 atom stereocenters. The van der Waals surface area contributed by atoms with Crippen LogP contribution in [0.15, 0.2) is 15.3 Å². The summed E-state index contributed by atoms with van der Waals surface area (Å²) in [5, 5.41) is 8.83. The third-order valence-corrected chi connectivity index (χ3v) is 3.03. The Morgan fingerprint density at radius 2 is 2.21 bits per heavy atom. The monoisotopic (exact) mass is 257 g/mol. The van der Waals surface area contributed by atoms with E-state index in [4.69, 9.17) is 5.11 Å². The van der Waals surface area contributed by atoms with Crippen LogP contribution >= 0.6 is 15.9 Å². The van der Waals surface area contributed by atoms with Crippen LogP contribution in [0.5, 0.6) is 0 Å². The molecule has 1 aliphatic rings. The molecular weight excluding hydrogens is 250 g/mol. The summed E-state index contributed by atoms with van der Waals surface area (Å²) in [5.74, 6) is -0.737. The van der Waals surface area contributed by atoms with E-state index < -0.39 is 5.97 Å². The highest BCUT2D eigenvalue weighted by molar-refractivity contribution is 9.10. The summed E-state index contributed by atoms with van der Waals surface area (Å²) in [6.45, 7) is 0. The standard InChI is InChI=1S/C9H8BrNO3/c10-7-5(9(13)14)3-6(4-1-2-4)11-8(7)12/h3-4H,1-2H2,(H,11,12)(H,13,14). The van der Waals surface area contributed by atoms with Gasteiger partial charge in [0.2, 0.25) is 0 Å². The van der Waals surface area contributed by atoms with E-state index in [-0.39, 0.29) is 15.6 Å². The SMILES string of the molecule is O=C(O)c1cc(C2CC2)[nH]c(=O)c1Br. The lowest BCUT2D eigenvalue weighted by Gasteiger charge is -2.02. The smallest absolute Gasteiger partial charge is 0.337 e. The van der Waals surface area contributed by atoms with Crippen molar-refractivity contribution < 1.29 is 9.90 Å². The third kappa shape index (κ3) is 1.59. The number of aromatic carboxylic acids is 1. The molecule has 0 aliphatic heterocycles. The minimum Gasteiger partial charge on any atom is -0.478 e. The molecule has 1 aliphatic carbocycles. The molecule has 0 spiro atoms. The van der Waals surface area contributed by atoms with Gasteiger partial charge in [-0.25, -0.2) is 4.79 Å². The zero-order valence-corrected chi connectivity index (χ0v) is 8.80. The molecule has 4 nitrogen and oxygen atoms in total. The number of hydrogen-bond acceptors (Lipinski definition) is 2. The first-order valence-electron chi connectivity index (χ1n) is 4.25. The lowest BCUT2D eigenvalue weighted by Crippen LogP contribution is -2.14. The van der Waals surface area contributed by atoms with Crippen molar-refractivity contribution in [2.45, 2.75) is 18.8 Å². The Bertz CT molecular complexity index is 448. The molecule has 2 N–H and O–H groups in total. The molecule has 1 aromatic rings. The average molecular weight is 258 g/mol. The lowest BCUT2D eigenvalue weighted by atomic mass is 10.2. The molecule has 0 bridgehead atoms. The van der Waals surface area contributed by atoms with Crippen LogP contribution in [0, 0.1) is 0 Å². The van der Waals surface area contributed by atoms with E-state index in [1.54, 1.807) is 0 Å². The summed E-state index contributed by atoms with van der Waals surface area (Å²) >= 11 is 2.96. The molecule has 1 aromatic heterocycles. The van der Waals surface area contributed by atoms with E-state index in [0.717, 1.165) is 18.5 Å². The predicted octanol–water partition coefficient (Wildman–Crippen LogP) is 1.71. The lowest BCUT2D eigenvalue weighted by molar-refractivity contribution is 0.0695. The first kappa shape index (κ1) is 9.45. The number of carbonyl (C=O) groups is 1. The predicted molar refractivity (Wildman–Crippen MR) is 53.7 cm³/mol. The molecule has 1 heterocycles. The molecule has 0 aromatic carbocycles. The molecule has 2 rings (SSSR count). The summed E-state index contributed by atoms with van der Waals surface area (Å²) < 4.78 is 0.0920. The molecule has 1 saturated carbocycles. The fraction of sp³-hybridized carbons (Fsp3) is 0.333. The summed E-state index contributed by atoms with van der Waals surface area (Å²) in [6.07, 6.45) is 2.05. The Labute approximate surface area is 88.1 Å². The second-order valence-electron chi connectivity index (χ2n) is 3.36. The van der Waals surface area contributed by atoms with Crippen LogP contribution in [0.3, 0.4) is 0 Å². The second-order valence-corrected chi connectivity index (χ2v) is 4.15. The van der Waals surface area contributed by atoms with E-state index in [1.165, 1.54) is 6.07 Å². The number of hydrogen-bond donors (Lipinski definition) is 2. The van der Waals surface area contributed by atoms with Gasteiger partial charge in [-0.05, 0) is 40.8 Å². The van der Waals surface area contributed by atoms with Crippen molar-refractivity contribution in [3.63, 3.8) is 0 Å². The van der Waals surface area contributed by atoms with Crippen LogP contribution in [-0.4, -0.2) is 16.1 Å². The summed E-state index contributed by atoms with van der Waals surface area (Å²) in [4.78, 5) is 24.8. The second kappa shape index (κ2) is 3.24. The minimum atomic E-state index is -1.08. The van der Waals surface area contributed by atoms with E-state index in [2.05, 4.69) is 20.9 Å². The van der Waals surface area contributed by atoms with Crippen molar-refractivity contribution in [3.05, 3.63) is 32.2 Å². The maximum atomic E-state index is 11.3. The fourth-order valence-electron chi connectivity index (χ4n) is 1.33. The van der Waals surface area contributed by atoms with Gasteiger partial charge >= 0.3 is 5.97 Å². The molecule has 14 heavy (non-hydrogen) atoms. The van der Waals surface area contributed by atoms with Crippen molar-refractivity contribution in [1.29, 1.82) is 0 Å². The number of carboxylic acid groups (broad SMARTS) is 1. The molecule has 0 saturated heterocycles. The van der Waals surface area contributed by atoms with E-state index in [9.17, 15) is 9.59 Å². The van der Waals surface area contributed by atoms with Crippen molar-refractivity contribution in [1.82, 2.24) is 4.98 Å². The number of nitrogens with one attached hydrogen (secondary N) is 1. The number of rotatable bonds is 2. The van der Waals surface area contributed by atoms with Gasteiger partial charge in [-0.1, -0.05) is 0 Å². The Morgan fingerprint density at radius 3 is 2.71 bits per heavy atom. The highest BCUT2D eigenvalue weighted by Gasteiger charge is 2.26. The van der Waals surface area contributed by atoms with Crippen LogP contribution in [0.2, 0.25) is 0 Å². The van der Waals surface area contributed by atoms with Crippen LogP contribution in [0.4, 0.5) is 0 Å². The summed E-state index contributed by atoms with van der Waals surface area (Å²) in [5.41, 5.74) is 0.401. The van der Waals surface area contributed by atoms with Crippen molar-refractivity contribution in [2.24, 2.45) is 0 Å². The normalized spacial score (nSPS) is 15.5. The van der Waals surface area contributed by atoms with Crippen molar-refractivity contribution in [2.75, 3.05) is 0 Å². The topological polar surface area (TPSA) is 70.2 Å². The van der Waals surface area contributed by atoms with Gasteiger partial charge < -0.3 is 10.1 Å². The van der Waals surface area contributed by atoms with E-state index in [1.807, 2.05) is 0 Å². The molecule has 74 valence electrons. The van der Waals surface area contributed by atoms with Crippen molar-refractivity contribution in [3.8, 4) is 0 Å². The number of halogens is 1. The van der Waals surface area contributed by atoms with Crippen LogP contribution in [-0.2, 0) is 0 Å². The van der Waals surface area contributed by atoms with Gasteiger partial charge in [0.05, 0.1) is 10.0 Å². The van der Waals surface area contributed by atoms with Gasteiger partial charge in [0, 0.05) is 5.69 Å². The molecule has 5 heteroatoms. The van der Waals surface area contributed by atoms with Crippen molar-refractivity contribution >= 4 is 21.9 Å². The maximum absolute atomic E-state index is 11.3. The van der Waals surface area contributed by atoms with Gasteiger partial charge in [-0.2, -0.15) is 0 Å². The Morgan fingerprint density at radius 1 is 1.57 bits per heavy atom. The summed E-state index contributed by atoms with van der Waals surface area (Å²) in [7, 11) is 0. The largest absolute Gasteiger partial charge is 0.478 e. The fourth-order valence-corrected chi connectivity index (χ4v) is 1.72. The Balaban J connectivity index is 2.57. The summed E-state index contributed by atoms with van der Waals surface area (Å²) in [6, 6.07) is 1.53. The highest BCUT2D eigenvalue weighted by atomic mass is 79.9. The molecular formula is C9H8BrNO3. The number of carboxylic acids is 1. The van der Waals surface area contributed by atoms with Gasteiger partial charge in [-0.3, -0.25) is 4.79 Å². The minimum absolute atomic E-state index is 0.0376. The van der Waals surface area contributed by atoms with E-state index >= 15 is 0 Å². The van der Waals surface area contributed by atoms with Crippen LogP contribution < -0.4 is 5.56 Å². The van der Waals surface area contributed by atoms with Gasteiger partial charge in [0.25, 0.3) is 5.56 Å². The highest BCUT2D eigenvalue weighted by Crippen LogP contribution is 2.39. The maximum Gasteiger partial charge on any atom is 0.337 e. The third-order valence-electron chi connectivity index (χ3n) is 2.24. The number of H-pyrrole nitrogens is 1. The van der Waals surface area contributed by atoms with Crippen LogP contribution in [0.1, 0.15) is 34.8 Å². The van der Waals surface area contributed by atoms with E-state index in [0.29, 0.717) is 5.92 Å². The van der Waals surface area contributed by atoms with Gasteiger partial charge in [0.1, 0.15) is 0 Å². The zero-order chi connectivity index (χ0) is 10.3. The zero-order valence-electron chi connectivity index (χ0n) is 7.21. The quantitative estimate of drug-likeness (QED) is 0.848. The number of aromatic nitrogens is 1. The first-order chi connectivity index (χ1) is 6.59. The molecule has 0 radical (unpaired) electrons. The van der Waals surface area contributed by atoms with Gasteiger partial charge in [0.15, 0.2) is 0 Å². The Hall–Kier alpha value is -1.10. The number of aromatic amines is 1. The Kier molecular flexibility index (Phi) is 2.19. The number of pyridine rings is 1.